The number of hydrogen-bond donors (Lipinski definition) is 0. The summed E-state index contributed by atoms with van der Waals surface area (Å²) in [6, 6.07) is 7.52. The number of piperidine rings is 1. The predicted molar refractivity (Wildman–Crippen MR) is 76.5 cm³/mol. The van der Waals surface area contributed by atoms with Gasteiger partial charge in [0, 0.05) is 11.6 Å². The summed E-state index contributed by atoms with van der Waals surface area (Å²) in [7, 11) is 1.43. The first-order valence-electron chi connectivity index (χ1n) is 6.77. The second kappa shape index (κ2) is 6.92. The zero-order valence-corrected chi connectivity index (χ0v) is 12.0. The standard InChI is InChI=1S/C15H20ClNO2/c1-19-15(18)13(11-17-9-5-2-6-10-17)12-7-3-4-8-14(12)16/h3-4,7-8,13H,2,5-6,9-11H2,1H3. The Kier molecular flexibility index (Phi) is 5.23. The van der Waals surface area contributed by atoms with E-state index in [4.69, 9.17) is 16.3 Å². The molecule has 1 aromatic rings. The van der Waals surface area contributed by atoms with Gasteiger partial charge in [-0.3, -0.25) is 4.79 Å². The number of nitrogens with zero attached hydrogens (tertiary/aromatic N) is 1. The van der Waals surface area contributed by atoms with Crippen LogP contribution in [-0.4, -0.2) is 37.6 Å². The third-order valence-corrected chi connectivity index (χ3v) is 4.00. The van der Waals surface area contributed by atoms with Crippen molar-refractivity contribution in [3.8, 4) is 0 Å². The Bertz CT molecular complexity index is 430. The topological polar surface area (TPSA) is 29.5 Å². The second-order valence-electron chi connectivity index (χ2n) is 4.96. The van der Waals surface area contributed by atoms with Crippen LogP contribution in [0.4, 0.5) is 0 Å². The Morgan fingerprint density at radius 3 is 2.63 bits per heavy atom. The number of ether oxygens (including phenoxy) is 1. The molecule has 1 heterocycles. The monoisotopic (exact) mass is 281 g/mol. The van der Waals surface area contributed by atoms with Crippen molar-refractivity contribution in [3.63, 3.8) is 0 Å². The van der Waals surface area contributed by atoms with Crippen molar-refractivity contribution >= 4 is 17.6 Å². The van der Waals surface area contributed by atoms with Gasteiger partial charge in [-0.05, 0) is 37.6 Å². The molecule has 1 atom stereocenters. The number of rotatable bonds is 4. The fourth-order valence-electron chi connectivity index (χ4n) is 2.60. The van der Waals surface area contributed by atoms with Gasteiger partial charge in [0.15, 0.2) is 0 Å². The van der Waals surface area contributed by atoms with Gasteiger partial charge in [0.2, 0.25) is 0 Å². The smallest absolute Gasteiger partial charge is 0.314 e. The van der Waals surface area contributed by atoms with E-state index in [1.165, 1.54) is 26.4 Å². The Labute approximate surface area is 119 Å². The highest BCUT2D eigenvalue weighted by Crippen LogP contribution is 2.27. The third kappa shape index (κ3) is 3.71. The fraction of sp³-hybridized carbons (Fsp3) is 0.533. The number of likely N-dealkylation sites (tertiary alicyclic amines) is 1. The highest BCUT2D eigenvalue weighted by molar-refractivity contribution is 6.31. The summed E-state index contributed by atoms with van der Waals surface area (Å²) < 4.78 is 4.94. The van der Waals surface area contributed by atoms with Gasteiger partial charge in [-0.15, -0.1) is 0 Å². The molecule has 0 aliphatic carbocycles. The molecular formula is C15H20ClNO2. The summed E-state index contributed by atoms with van der Waals surface area (Å²) in [6.07, 6.45) is 3.69. The third-order valence-electron chi connectivity index (χ3n) is 3.66. The molecule has 0 amide bonds. The minimum Gasteiger partial charge on any atom is -0.469 e. The van der Waals surface area contributed by atoms with Gasteiger partial charge < -0.3 is 9.64 Å². The minimum absolute atomic E-state index is 0.210. The summed E-state index contributed by atoms with van der Waals surface area (Å²) in [5.74, 6) is -0.504. The lowest BCUT2D eigenvalue weighted by molar-refractivity contribution is -0.143. The molecule has 2 rings (SSSR count). The highest BCUT2D eigenvalue weighted by atomic mass is 35.5. The predicted octanol–water partition coefficient (Wildman–Crippen LogP) is 3.08. The molecular weight excluding hydrogens is 262 g/mol. The second-order valence-corrected chi connectivity index (χ2v) is 5.37. The van der Waals surface area contributed by atoms with Crippen LogP contribution in [0.25, 0.3) is 0 Å². The zero-order chi connectivity index (χ0) is 13.7. The van der Waals surface area contributed by atoms with E-state index in [-0.39, 0.29) is 11.9 Å². The van der Waals surface area contributed by atoms with Gasteiger partial charge >= 0.3 is 5.97 Å². The highest BCUT2D eigenvalue weighted by Gasteiger charge is 2.26. The first kappa shape index (κ1) is 14.4. The summed E-state index contributed by atoms with van der Waals surface area (Å²) in [5.41, 5.74) is 0.863. The van der Waals surface area contributed by atoms with Crippen LogP contribution in [0.5, 0.6) is 0 Å². The van der Waals surface area contributed by atoms with Gasteiger partial charge in [-0.2, -0.15) is 0 Å². The van der Waals surface area contributed by atoms with E-state index < -0.39 is 0 Å². The molecule has 1 unspecified atom stereocenters. The average molecular weight is 282 g/mol. The molecule has 0 N–H and O–H groups in total. The number of halogens is 1. The number of hydrogen-bond acceptors (Lipinski definition) is 3. The van der Waals surface area contributed by atoms with Crippen LogP contribution in [0.15, 0.2) is 24.3 Å². The molecule has 104 valence electrons. The first-order chi connectivity index (χ1) is 9.22. The average Bonchev–Trinajstić information content (AvgIpc) is 2.46. The van der Waals surface area contributed by atoms with Gasteiger partial charge in [-0.1, -0.05) is 36.2 Å². The Morgan fingerprint density at radius 2 is 2.00 bits per heavy atom. The lowest BCUT2D eigenvalue weighted by Crippen LogP contribution is -2.36. The van der Waals surface area contributed by atoms with Crippen LogP contribution in [0.2, 0.25) is 5.02 Å². The Balaban J connectivity index is 2.16. The van der Waals surface area contributed by atoms with Crippen LogP contribution in [0, 0.1) is 0 Å². The Hall–Kier alpha value is -1.06. The van der Waals surface area contributed by atoms with Gasteiger partial charge in [-0.25, -0.2) is 0 Å². The normalized spacial score (nSPS) is 18.0. The van der Waals surface area contributed by atoms with E-state index in [9.17, 15) is 4.79 Å². The number of carbonyl (C=O) groups is 1. The van der Waals surface area contributed by atoms with E-state index in [2.05, 4.69) is 4.90 Å². The van der Waals surface area contributed by atoms with Crippen molar-refractivity contribution in [2.75, 3.05) is 26.7 Å². The molecule has 0 spiro atoms. The van der Waals surface area contributed by atoms with Gasteiger partial charge in [0.05, 0.1) is 13.0 Å². The lowest BCUT2D eigenvalue weighted by Gasteiger charge is -2.29. The SMILES string of the molecule is COC(=O)C(CN1CCCCC1)c1ccccc1Cl. The van der Waals surface area contributed by atoms with E-state index in [0.717, 1.165) is 18.7 Å². The van der Waals surface area contributed by atoms with E-state index in [1.54, 1.807) is 0 Å². The van der Waals surface area contributed by atoms with E-state index in [1.807, 2.05) is 24.3 Å². The summed E-state index contributed by atoms with van der Waals surface area (Å²) >= 11 is 6.21. The molecule has 1 aliphatic heterocycles. The van der Waals surface area contributed by atoms with Crippen molar-refractivity contribution in [1.82, 2.24) is 4.90 Å². The maximum absolute atomic E-state index is 12.0. The molecule has 0 saturated carbocycles. The van der Waals surface area contributed by atoms with E-state index in [0.29, 0.717) is 11.6 Å². The fourth-order valence-corrected chi connectivity index (χ4v) is 2.87. The minimum atomic E-state index is -0.295. The summed E-state index contributed by atoms with van der Waals surface area (Å²) in [6.45, 7) is 2.80. The van der Waals surface area contributed by atoms with Gasteiger partial charge in [0.25, 0.3) is 0 Å². The quantitative estimate of drug-likeness (QED) is 0.795. The maximum Gasteiger partial charge on any atom is 0.314 e. The Morgan fingerprint density at radius 1 is 1.32 bits per heavy atom. The molecule has 0 radical (unpaired) electrons. The van der Waals surface area contributed by atoms with Crippen molar-refractivity contribution in [3.05, 3.63) is 34.9 Å². The number of esters is 1. The molecule has 4 heteroatoms. The number of benzene rings is 1. The summed E-state index contributed by atoms with van der Waals surface area (Å²) in [4.78, 5) is 14.4. The van der Waals surface area contributed by atoms with Crippen molar-refractivity contribution in [1.29, 1.82) is 0 Å². The lowest BCUT2D eigenvalue weighted by atomic mass is 9.97. The molecule has 19 heavy (non-hydrogen) atoms. The molecule has 1 fully saturated rings. The largest absolute Gasteiger partial charge is 0.469 e. The number of methoxy groups -OCH3 is 1. The van der Waals surface area contributed by atoms with E-state index >= 15 is 0 Å². The van der Waals surface area contributed by atoms with Crippen LogP contribution >= 0.6 is 11.6 Å². The van der Waals surface area contributed by atoms with Crippen LogP contribution in [0.1, 0.15) is 30.7 Å². The molecule has 1 aliphatic rings. The van der Waals surface area contributed by atoms with Crippen LogP contribution in [-0.2, 0) is 9.53 Å². The molecule has 0 aromatic heterocycles. The molecule has 1 saturated heterocycles. The van der Waals surface area contributed by atoms with Crippen molar-refractivity contribution in [2.45, 2.75) is 25.2 Å². The molecule has 3 nitrogen and oxygen atoms in total. The van der Waals surface area contributed by atoms with Crippen LogP contribution in [0.3, 0.4) is 0 Å². The van der Waals surface area contributed by atoms with Crippen LogP contribution < -0.4 is 0 Å². The maximum atomic E-state index is 12.0. The van der Waals surface area contributed by atoms with Crippen molar-refractivity contribution < 1.29 is 9.53 Å². The summed E-state index contributed by atoms with van der Waals surface area (Å²) in [5, 5.41) is 0.634. The van der Waals surface area contributed by atoms with Gasteiger partial charge in [0.1, 0.15) is 0 Å². The zero-order valence-electron chi connectivity index (χ0n) is 11.3. The first-order valence-corrected chi connectivity index (χ1v) is 7.15. The molecule has 0 bridgehead atoms. The number of carbonyl (C=O) groups excluding carboxylic acids is 1. The van der Waals surface area contributed by atoms with Crippen molar-refractivity contribution in [2.24, 2.45) is 0 Å². The molecule has 1 aromatic carbocycles.